The first-order valence-corrected chi connectivity index (χ1v) is 5.70. The monoisotopic (exact) mass is 240 g/mol. The lowest BCUT2D eigenvalue weighted by molar-refractivity contribution is -0.384. The molecule has 0 saturated heterocycles. The first kappa shape index (κ1) is 13.4. The smallest absolute Gasteiger partial charge is 0.295 e. The highest BCUT2D eigenvalue weighted by molar-refractivity contribution is 5.63. The maximum atomic E-state index is 13.3. The zero-order chi connectivity index (χ0) is 13.0. The van der Waals surface area contributed by atoms with E-state index in [1.165, 1.54) is 6.07 Å². The summed E-state index contributed by atoms with van der Waals surface area (Å²) in [5.41, 5.74) is 0.589. The number of anilines is 1. The molecule has 0 spiro atoms. The molecule has 1 N–H and O–H groups in total. The third-order valence-corrected chi connectivity index (χ3v) is 2.82. The lowest BCUT2D eigenvalue weighted by Crippen LogP contribution is -2.18. The minimum Gasteiger partial charge on any atom is -0.377 e. The summed E-state index contributed by atoms with van der Waals surface area (Å²) in [4.78, 5) is 10.3. The van der Waals surface area contributed by atoms with E-state index in [4.69, 9.17) is 0 Å². The second kappa shape index (κ2) is 5.61. The quantitative estimate of drug-likeness (QED) is 0.631. The van der Waals surface area contributed by atoms with Gasteiger partial charge in [-0.1, -0.05) is 13.8 Å². The average Bonchev–Trinajstić information content (AvgIpc) is 2.29. The van der Waals surface area contributed by atoms with Gasteiger partial charge in [-0.15, -0.1) is 0 Å². The molecule has 0 saturated carbocycles. The molecule has 0 bridgehead atoms. The van der Waals surface area contributed by atoms with Crippen molar-refractivity contribution in [2.45, 2.75) is 39.7 Å². The van der Waals surface area contributed by atoms with Crippen LogP contribution in [0.1, 0.15) is 32.3 Å². The summed E-state index contributed by atoms with van der Waals surface area (Å²) < 4.78 is 13.3. The van der Waals surface area contributed by atoms with Crippen LogP contribution in [-0.2, 0) is 0 Å². The fourth-order valence-electron chi connectivity index (χ4n) is 1.65. The van der Waals surface area contributed by atoms with E-state index in [0.29, 0.717) is 11.3 Å². The normalized spacial score (nSPS) is 10.6. The van der Waals surface area contributed by atoms with E-state index in [9.17, 15) is 14.5 Å². The SMILES string of the molecule is CCC(CC)Nc1cc(C)c(F)cc1[N+](=O)[O-]. The maximum Gasteiger partial charge on any atom is 0.295 e. The topological polar surface area (TPSA) is 55.2 Å². The Hall–Kier alpha value is -1.65. The van der Waals surface area contributed by atoms with Crippen LogP contribution in [0.5, 0.6) is 0 Å². The summed E-state index contributed by atoms with van der Waals surface area (Å²) in [5.74, 6) is -0.549. The van der Waals surface area contributed by atoms with E-state index in [2.05, 4.69) is 5.32 Å². The number of nitrogens with zero attached hydrogens (tertiary/aromatic N) is 1. The molecule has 0 radical (unpaired) electrons. The summed E-state index contributed by atoms with van der Waals surface area (Å²) >= 11 is 0. The standard InChI is InChI=1S/C12H17FN2O2/c1-4-9(5-2)14-11-6-8(3)10(13)7-12(11)15(16)17/h6-7,9,14H,4-5H2,1-3H3. The summed E-state index contributed by atoms with van der Waals surface area (Å²) in [6.07, 6.45) is 1.73. The van der Waals surface area contributed by atoms with Gasteiger partial charge in [-0.05, 0) is 31.4 Å². The fourth-order valence-corrected chi connectivity index (χ4v) is 1.65. The van der Waals surface area contributed by atoms with Crippen LogP contribution in [-0.4, -0.2) is 11.0 Å². The summed E-state index contributed by atoms with van der Waals surface area (Å²) in [6.45, 7) is 5.60. The number of nitrogens with one attached hydrogen (secondary N) is 1. The molecule has 5 heteroatoms. The fraction of sp³-hybridized carbons (Fsp3) is 0.500. The molecule has 1 aromatic carbocycles. The molecule has 0 aromatic heterocycles. The number of nitro groups is 1. The Morgan fingerprint density at radius 2 is 2.00 bits per heavy atom. The van der Waals surface area contributed by atoms with Gasteiger partial charge in [0.05, 0.1) is 11.0 Å². The number of aryl methyl sites for hydroxylation is 1. The molecule has 1 aromatic rings. The van der Waals surface area contributed by atoms with Crippen molar-refractivity contribution in [2.24, 2.45) is 0 Å². The molecule has 0 fully saturated rings. The largest absolute Gasteiger partial charge is 0.377 e. The van der Waals surface area contributed by atoms with Crippen molar-refractivity contribution in [1.29, 1.82) is 0 Å². The van der Waals surface area contributed by atoms with Gasteiger partial charge in [-0.25, -0.2) is 4.39 Å². The van der Waals surface area contributed by atoms with E-state index < -0.39 is 10.7 Å². The number of rotatable bonds is 5. The lowest BCUT2D eigenvalue weighted by Gasteiger charge is -2.16. The molecule has 0 unspecified atom stereocenters. The molecule has 4 nitrogen and oxygen atoms in total. The van der Waals surface area contributed by atoms with Gasteiger partial charge >= 0.3 is 0 Å². The average molecular weight is 240 g/mol. The minimum absolute atomic E-state index is 0.165. The Morgan fingerprint density at radius 3 is 2.47 bits per heavy atom. The van der Waals surface area contributed by atoms with Gasteiger partial charge < -0.3 is 5.32 Å². The second-order valence-corrected chi connectivity index (χ2v) is 4.03. The Morgan fingerprint density at radius 1 is 1.41 bits per heavy atom. The molecule has 0 atom stereocenters. The van der Waals surface area contributed by atoms with E-state index in [0.717, 1.165) is 18.9 Å². The van der Waals surface area contributed by atoms with Crippen molar-refractivity contribution in [3.05, 3.63) is 33.6 Å². The highest BCUT2D eigenvalue weighted by Crippen LogP contribution is 2.28. The highest BCUT2D eigenvalue weighted by Gasteiger charge is 2.18. The molecular formula is C12H17FN2O2. The van der Waals surface area contributed by atoms with Crippen molar-refractivity contribution >= 4 is 11.4 Å². The number of benzene rings is 1. The molecule has 0 aliphatic heterocycles. The van der Waals surface area contributed by atoms with E-state index >= 15 is 0 Å². The van der Waals surface area contributed by atoms with Gasteiger partial charge in [0.15, 0.2) is 0 Å². The van der Waals surface area contributed by atoms with Gasteiger partial charge in [-0.2, -0.15) is 0 Å². The molecule has 1 rings (SSSR count). The van der Waals surface area contributed by atoms with Crippen LogP contribution in [0.4, 0.5) is 15.8 Å². The van der Waals surface area contributed by atoms with Crippen molar-refractivity contribution in [3.63, 3.8) is 0 Å². The first-order chi connectivity index (χ1) is 7.99. The molecular weight excluding hydrogens is 223 g/mol. The molecule has 0 amide bonds. The zero-order valence-electron chi connectivity index (χ0n) is 10.3. The van der Waals surface area contributed by atoms with Crippen molar-refractivity contribution < 1.29 is 9.31 Å². The van der Waals surface area contributed by atoms with Crippen LogP contribution in [0.15, 0.2) is 12.1 Å². The molecule has 0 aliphatic carbocycles. The third kappa shape index (κ3) is 3.15. The second-order valence-electron chi connectivity index (χ2n) is 4.03. The van der Waals surface area contributed by atoms with Crippen LogP contribution in [0.3, 0.4) is 0 Å². The predicted octanol–water partition coefficient (Wildman–Crippen LogP) is 3.64. The molecule has 94 valence electrons. The van der Waals surface area contributed by atoms with Crippen LogP contribution < -0.4 is 5.32 Å². The Balaban J connectivity index is 3.12. The molecule has 0 aliphatic rings. The minimum atomic E-state index is -0.562. The van der Waals surface area contributed by atoms with Crippen LogP contribution in [0.2, 0.25) is 0 Å². The van der Waals surface area contributed by atoms with Gasteiger partial charge in [0.2, 0.25) is 0 Å². The summed E-state index contributed by atoms with van der Waals surface area (Å²) in [6, 6.07) is 2.63. The van der Waals surface area contributed by atoms with Crippen LogP contribution in [0, 0.1) is 22.9 Å². The van der Waals surface area contributed by atoms with E-state index in [1.807, 2.05) is 13.8 Å². The molecule has 0 heterocycles. The van der Waals surface area contributed by atoms with Gasteiger partial charge in [0.25, 0.3) is 5.69 Å². The van der Waals surface area contributed by atoms with Crippen molar-refractivity contribution in [1.82, 2.24) is 0 Å². The Labute approximate surface area is 100.0 Å². The Bertz CT molecular complexity index is 417. The summed E-state index contributed by atoms with van der Waals surface area (Å²) in [5, 5.41) is 13.9. The van der Waals surface area contributed by atoms with Gasteiger partial charge in [0.1, 0.15) is 11.5 Å². The lowest BCUT2D eigenvalue weighted by atomic mass is 10.1. The van der Waals surface area contributed by atoms with Gasteiger partial charge in [-0.3, -0.25) is 10.1 Å². The van der Waals surface area contributed by atoms with E-state index in [-0.39, 0.29) is 11.7 Å². The van der Waals surface area contributed by atoms with Gasteiger partial charge in [0, 0.05) is 6.04 Å². The first-order valence-electron chi connectivity index (χ1n) is 5.70. The van der Waals surface area contributed by atoms with Crippen LogP contribution in [0.25, 0.3) is 0 Å². The summed E-state index contributed by atoms with van der Waals surface area (Å²) in [7, 11) is 0. The zero-order valence-corrected chi connectivity index (χ0v) is 10.3. The Kier molecular flexibility index (Phi) is 4.43. The molecule has 17 heavy (non-hydrogen) atoms. The highest BCUT2D eigenvalue weighted by atomic mass is 19.1. The number of nitro benzene ring substituents is 1. The van der Waals surface area contributed by atoms with Crippen molar-refractivity contribution in [2.75, 3.05) is 5.32 Å². The third-order valence-electron chi connectivity index (χ3n) is 2.82. The number of halogens is 1. The number of hydrogen-bond donors (Lipinski definition) is 1. The predicted molar refractivity (Wildman–Crippen MR) is 65.8 cm³/mol. The maximum absolute atomic E-state index is 13.3. The number of hydrogen-bond acceptors (Lipinski definition) is 3. The van der Waals surface area contributed by atoms with Crippen molar-refractivity contribution in [3.8, 4) is 0 Å². The van der Waals surface area contributed by atoms with E-state index in [1.54, 1.807) is 6.92 Å². The van der Waals surface area contributed by atoms with Crippen LogP contribution >= 0.6 is 0 Å².